The number of hydrogen-bond donors (Lipinski definition) is 1. The van der Waals surface area contributed by atoms with Gasteiger partial charge in [0, 0.05) is 29.6 Å². The normalized spacial score (nSPS) is 26.2. The summed E-state index contributed by atoms with van der Waals surface area (Å²) in [5.41, 5.74) is 1.29. The molecule has 1 aliphatic carbocycles. The summed E-state index contributed by atoms with van der Waals surface area (Å²) in [6.45, 7) is 8.18. The molecule has 3 rings (SSSR count). The van der Waals surface area contributed by atoms with Crippen LogP contribution in [0.3, 0.4) is 0 Å². The average Bonchev–Trinajstić information content (AvgIpc) is 3.32. The maximum atomic E-state index is 13.0. The van der Waals surface area contributed by atoms with Crippen LogP contribution in [-0.2, 0) is 4.79 Å². The Morgan fingerprint density at radius 2 is 1.91 bits per heavy atom. The Bertz CT molecular complexity index is 536. The Kier molecular flexibility index (Phi) is 5.02. The second-order valence-electron chi connectivity index (χ2n) is 7.87. The molecule has 0 bridgehead atoms. The molecule has 23 heavy (non-hydrogen) atoms. The number of benzene rings is 1. The third kappa shape index (κ3) is 4.74. The molecule has 1 saturated heterocycles. The van der Waals surface area contributed by atoms with Crippen LogP contribution in [0.25, 0.3) is 0 Å². The monoisotopic (exact) mass is 332 g/mol. The Morgan fingerprint density at radius 3 is 2.52 bits per heavy atom. The molecule has 3 nitrogen and oxygen atoms in total. The van der Waals surface area contributed by atoms with Crippen LogP contribution in [-0.4, -0.2) is 41.2 Å². The molecule has 2 atom stereocenters. The standard InChI is InChI=1S/C19H28N2OS/c1-19(2,3)20-16-13-23-17(15-7-5-4-6-8-15)12-21(18(16)22)11-14-9-10-14/h4-8,14,16-17,20H,9-13H2,1-3H3/t16-,17-/m1/s1. The van der Waals surface area contributed by atoms with E-state index in [9.17, 15) is 4.79 Å². The smallest absolute Gasteiger partial charge is 0.240 e. The van der Waals surface area contributed by atoms with Crippen LogP contribution in [0.4, 0.5) is 0 Å². The first kappa shape index (κ1) is 16.8. The van der Waals surface area contributed by atoms with E-state index in [1.165, 1.54) is 18.4 Å². The van der Waals surface area contributed by atoms with E-state index in [-0.39, 0.29) is 17.5 Å². The van der Waals surface area contributed by atoms with Crippen LogP contribution >= 0.6 is 11.8 Å². The first-order chi connectivity index (χ1) is 10.9. The van der Waals surface area contributed by atoms with Gasteiger partial charge in [-0.3, -0.25) is 4.79 Å². The van der Waals surface area contributed by atoms with E-state index < -0.39 is 0 Å². The van der Waals surface area contributed by atoms with Gasteiger partial charge < -0.3 is 10.2 Å². The van der Waals surface area contributed by atoms with Gasteiger partial charge in [-0.25, -0.2) is 0 Å². The molecule has 2 fully saturated rings. The van der Waals surface area contributed by atoms with Gasteiger partial charge in [0.2, 0.25) is 5.91 Å². The lowest BCUT2D eigenvalue weighted by Crippen LogP contribution is -2.53. The van der Waals surface area contributed by atoms with Gasteiger partial charge in [-0.05, 0) is 45.1 Å². The minimum absolute atomic E-state index is 0.0429. The molecule has 126 valence electrons. The third-order valence-corrected chi connectivity index (χ3v) is 5.76. The van der Waals surface area contributed by atoms with Crippen molar-refractivity contribution < 1.29 is 4.79 Å². The highest BCUT2D eigenvalue weighted by atomic mass is 32.2. The summed E-state index contributed by atoms with van der Waals surface area (Å²) < 4.78 is 0. The second kappa shape index (κ2) is 6.86. The van der Waals surface area contributed by atoms with Crippen molar-refractivity contribution >= 4 is 17.7 Å². The summed E-state index contributed by atoms with van der Waals surface area (Å²) in [5, 5.41) is 3.91. The summed E-state index contributed by atoms with van der Waals surface area (Å²) in [4.78, 5) is 15.1. The van der Waals surface area contributed by atoms with Crippen LogP contribution in [0.2, 0.25) is 0 Å². The minimum Gasteiger partial charge on any atom is -0.340 e. The number of thioether (sulfide) groups is 1. The lowest BCUT2D eigenvalue weighted by Gasteiger charge is -2.30. The van der Waals surface area contributed by atoms with Gasteiger partial charge in [0.1, 0.15) is 0 Å². The molecular weight excluding hydrogens is 304 g/mol. The Labute approximate surface area is 144 Å². The minimum atomic E-state index is -0.0764. The number of nitrogens with one attached hydrogen (secondary N) is 1. The molecule has 0 aromatic heterocycles. The molecule has 4 heteroatoms. The van der Waals surface area contributed by atoms with E-state index in [0.717, 1.165) is 24.8 Å². The zero-order chi connectivity index (χ0) is 16.4. The van der Waals surface area contributed by atoms with Crippen molar-refractivity contribution in [1.82, 2.24) is 10.2 Å². The lowest BCUT2D eigenvalue weighted by atomic mass is 10.1. The SMILES string of the molecule is CC(C)(C)N[C@@H]1CS[C@@H](c2ccccc2)CN(CC2CC2)C1=O. The number of nitrogens with zero attached hydrogens (tertiary/aromatic N) is 1. The molecule has 1 saturated carbocycles. The van der Waals surface area contributed by atoms with E-state index in [1.54, 1.807) is 0 Å². The summed E-state index contributed by atoms with van der Waals surface area (Å²) in [7, 11) is 0. The molecular formula is C19H28N2OS. The van der Waals surface area contributed by atoms with E-state index in [1.807, 2.05) is 11.8 Å². The Hall–Kier alpha value is -1.00. The summed E-state index contributed by atoms with van der Waals surface area (Å²) in [5.74, 6) is 1.86. The van der Waals surface area contributed by atoms with Crippen molar-refractivity contribution in [2.24, 2.45) is 5.92 Å². The molecule has 0 unspecified atom stereocenters. The van der Waals surface area contributed by atoms with Crippen molar-refractivity contribution in [1.29, 1.82) is 0 Å². The number of hydrogen-bond acceptors (Lipinski definition) is 3. The van der Waals surface area contributed by atoms with Gasteiger partial charge in [-0.1, -0.05) is 30.3 Å². The second-order valence-corrected chi connectivity index (χ2v) is 9.10. The van der Waals surface area contributed by atoms with Gasteiger partial charge in [-0.15, -0.1) is 11.8 Å². The Morgan fingerprint density at radius 1 is 1.22 bits per heavy atom. The molecule has 0 spiro atoms. The molecule has 1 aliphatic heterocycles. The van der Waals surface area contributed by atoms with Gasteiger partial charge in [0.15, 0.2) is 0 Å². The lowest BCUT2D eigenvalue weighted by molar-refractivity contribution is -0.133. The van der Waals surface area contributed by atoms with E-state index in [4.69, 9.17) is 0 Å². The summed E-state index contributed by atoms with van der Waals surface area (Å²) in [6, 6.07) is 10.6. The zero-order valence-electron chi connectivity index (χ0n) is 14.4. The molecule has 1 amide bonds. The fraction of sp³-hybridized carbons (Fsp3) is 0.632. The Balaban J connectivity index is 1.78. The molecule has 1 aromatic rings. The topological polar surface area (TPSA) is 32.3 Å². The van der Waals surface area contributed by atoms with Crippen molar-refractivity contribution in [3.05, 3.63) is 35.9 Å². The van der Waals surface area contributed by atoms with Gasteiger partial charge in [0.05, 0.1) is 6.04 Å². The van der Waals surface area contributed by atoms with Gasteiger partial charge in [0.25, 0.3) is 0 Å². The number of amides is 1. The fourth-order valence-corrected chi connectivity index (χ4v) is 4.40. The van der Waals surface area contributed by atoms with Crippen LogP contribution in [0, 0.1) is 5.92 Å². The highest BCUT2D eigenvalue weighted by Crippen LogP contribution is 2.36. The molecule has 2 aliphatic rings. The highest BCUT2D eigenvalue weighted by molar-refractivity contribution is 7.99. The fourth-order valence-electron chi connectivity index (χ4n) is 3.12. The quantitative estimate of drug-likeness (QED) is 0.916. The van der Waals surface area contributed by atoms with E-state index >= 15 is 0 Å². The van der Waals surface area contributed by atoms with Crippen LogP contribution in [0.5, 0.6) is 0 Å². The number of rotatable bonds is 4. The molecule has 0 radical (unpaired) electrons. The molecule has 1 N–H and O–H groups in total. The predicted octanol–water partition coefficient (Wildman–Crippen LogP) is 3.47. The van der Waals surface area contributed by atoms with Crippen molar-refractivity contribution in [3.8, 4) is 0 Å². The first-order valence-corrected chi connectivity index (χ1v) is 9.70. The zero-order valence-corrected chi connectivity index (χ0v) is 15.2. The average molecular weight is 333 g/mol. The van der Waals surface area contributed by atoms with Crippen LogP contribution in [0.1, 0.15) is 44.4 Å². The van der Waals surface area contributed by atoms with E-state index in [0.29, 0.717) is 5.25 Å². The maximum Gasteiger partial charge on any atom is 0.240 e. The van der Waals surface area contributed by atoms with Crippen LogP contribution < -0.4 is 5.32 Å². The van der Waals surface area contributed by atoms with Crippen LogP contribution in [0.15, 0.2) is 30.3 Å². The largest absolute Gasteiger partial charge is 0.340 e. The number of carbonyl (C=O) groups is 1. The first-order valence-electron chi connectivity index (χ1n) is 8.65. The maximum absolute atomic E-state index is 13.0. The van der Waals surface area contributed by atoms with E-state index in [2.05, 4.69) is 61.3 Å². The summed E-state index contributed by atoms with van der Waals surface area (Å²) >= 11 is 1.92. The van der Waals surface area contributed by atoms with Gasteiger partial charge >= 0.3 is 0 Å². The van der Waals surface area contributed by atoms with Gasteiger partial charge in [-0.2, -0.15) is 0 Å². The molecule has 1 aromatic carbocycles. The predicted molar refractivity (Wildman–Crippen MR) is 97.6 cm³/mol. The molecule has 1 heterocycles. The number of carbonyl (C=O) groups excluding carboxylic acids is 1. The summed E-state index contributed by atoms with van der Waals surface area (Å²) in [6.07, 6.45) is 2.56. The van der Waals surface area contributed by atoms with Crippen molar-refractivity contribution in [2.45, 2.75) is 50.4 Å². The third-order valence-electron chi connectivity index (χ3n) is 4.41. The van der Waals surface area contributed by atoms with Crippen molar-refractivity contribution in [3.63, 3.8) is 0 Å². The highest BCUT2D eigenvalue weighted by Gasteiger charge is 2.36. The van der Waals surface area contributed by atoms with Crippen molar-refractivity contribution in [2.75, 3.05) is 18.8 Å².